The summed E-state index contributed by atoms with van der Waals surface area (Å²) < 4.78 is 0. The second-order valence-corrected chi connectivity index (χ2v) is 4.99. The van der Waals surface area contributed by atoms with E-state index in [9.17, 15) is 0 Å². The minimum Gasteiger partial charge on any atom is -0.317 e. The average molecular weight is 224 g/mol. The minimum atomic E-state index is 0.735. The molecule has 1 aliphatic heterocycles. The van der Waals surface area contributed by atoms with Gasteiger partial charge in [-0.25, -0.2) is 0 Å². The van der Waals surface area contributed by atoms with Crippen molar-refractivity contribution in [2.24, 2.45) is 0 Å². The van der Waals surface area contributed by atoms with Gasteiger partial charge in [0.1, 0.15) is 0 Å². The summed E-state index contributed by atoms with van der Waals surface area (Å²) in [6.07, 6.45) is 5.10. The zero-order valence-electron chi connectivity index (χ0n) is 9.17. The van der Waals surface area contributed by atoms with Gasteiger partial charge in [-0.3, -0.25) is 0 Å². The lowest BCUT2D eigenvalue weighted by Gasteiger charge is -2.15. The quantitative estimate of drug-likeness (QED) is 0.817. The summed E-state index contributed by atoms with van der Waals surface area (Å²) in [6.45, 7) is 3.50. The van der Waals surface area contributed by atoms with Gasteiger partial charge in [-0.1, -0.05) is 0 Å². The Hall–Kier alpha value is -0.380. The molecule has 1 unspecified atom stereocenters. The summed E-state index contributed by atoms with van der Waals surface area (Å²) >= 11 is 1.79. The zero-order chi connectivity index (χ0) is 10.3. The molecule has 2 nitrogen and oxygen atoms in total. The Bertz CT molecular complexity index is 251. The van der Waals surface area contributed by atoms with E-state index in [1.807, 2.05) is 0 Å². The highest BCUT2D eigenvalue weighted by Gasteiger charge is 2.10. The SMILES string of the molecule is c1cc(CCNC2CCCNCC2)cs1. The van der Waals surface area contributed by atoms with Crippen LogP contribution in [0.3, 0.4) is 0 Å². The molecule has 1 saturated heterocycles. The van der Waals surface area contributed by atoms with E-state index in [1.54, 1.807) is 11.3 Å². The predicted molar refractivity (Wildman–Crippen MR) is 66.5 cm³/mol. The molecule has 2 N–H and O–H groups in total. The van der Waals surface area contributed by atoms with Gasteiger partial charge in [-0.15, -0.1) is 0 Å². The fourth-order valence-electron chi connectivity index (χ4n) is 2.08. The minimum absolute atomic E-state index is 0.735. The molecule has 1 fully saturated rings. The van der Waals surface area contributed by atoms with Gasteiger partial charge >= 0.3 is 0 Å². The van der Waals surface area contributed by atoms with Gasteiger partial charge in [-0.05, 0) is 67.7 Å². The second kappa shape index (κ2) is 6.26. The first kappa shape index (κ1) is 11.1. The fourth-order valence-corrected chi connectivity index (χ4v) is 2.78. The molecule has 1 aromatic rings. The van der Waals surface area contributed by atoms with Crippen LogP contribution in [0.25, 0.3) is 0 Å². The van der Waals surface area contributed by atoms with E-state index in [4.69, 9.17) is 0 Å². The first-order chi connectivity index (χ1) is 7.45. The second-order valence-electron chi connectivity index (χ2n) is 4.21. The lowest BCUT2D eigenvalue weighted by Crippen LogP contribution is -2.31. The highest BCUT2D eigenvalue weighted by molar-refractivity contribution is 7.07. The van der Waals surface area contributed by atoms with Gasteiger partial charge in [0.25, 0.3) is 0 Å². The van der Waals surface area contributed by atoms with Crippen molar-refractivity contribution in [1.29, 1.82) is 0 Å². The maximum atomic E-state index is 3.66. The van der Waals surface area contributed by atoms with Crippen molar-refractivity contribution in [2.45, 2.75) is 31.7 Å². The molecule has 0 radical (unpaired) electrons. The van der Waals surface area contributed by atoms with Crippen LogP contribution in [-0.4, -0.2) is 25.7 Å². The number of thiophene rings is 1. The zero-order valence-corrected chi connectivity index (χ0v) is 9.98. The van der Waals surface area contributed by atoms with Crippen LogP contribution in [-0.2, 0) is 6.42 Å². The fraction of sp³-hybridized carbons (Fsp3) is 0.667. The van der Waals surface area contributed by atoms with Gasteiger partial charge < -0.3 is 10.6 Å². The summed E-state index contributed by atoms with van der Waals surface area (Å²) in [7, 11) is 0. The molecule has 2 heterocycles. The lowest BCUT2D eigenvalue weighted by molar-refractivity contribution is 0.473. The summed E-state index contributed by atoms with van der Waals surface area (Å²) in [6, 6.07) is 2.96. The van der Waals surface area contributed by atoms with Gasteiger partial charge in [0.15, 0.2) is 0 Å². The molecule has 3 heteroatoms. The Labute approximate surface area is 96.1 Å². The van der Waals surface area contributed by atoms with E-state index < -0.39 is 0 Å². The van der Waals surface area contributed by atoms with Gasteiger partial charge in [0.2, 0.25) is 0 Å². The Kier molecular flexibility index (Phi) is 4.64. The van der Waals surface area contributed by atoms with Gasteiger partial charge in [0.05, 0.1) is 0 Å². The van der Waals surface area contributed by atoms with E-state index in [2.05, 4.69) is 27.5 Å². The van der Waals surface area contributed by atoms with Crippen molar-refractivity contribution in [2.75, 3.05) is 19.6 Å². The van der Waals surface area contributed by atoms with Crippen LogP contribution in [0, 0.1) is 0 Å². The normalized spacial score (nSPS) is 22.5. The summed E-state index contributed by atoms with van der Waals surface area (Å²) in [5.74, 6) is 0. The van der Waals surface area contributed by atoms with Crippen molar-refractivity contribution in [1.82, 2.24) is 10.6 Å². The van der Waals surface area contributed by atoms with E-state index in [0.29, 0.717) is 0 Å². The standard InChI is InChI=1S/C12H20N2S/c1-2-12(4-7-13-6-1)14-8-3-11-5-9-15-10-11/h5,9-10,12-14H,1-4,6-8H2. The molecule has 1 aliphatic rings. The highest BCUT2D eigenvalue weighted by Crippen LogP contribution is 2.07. The van der Waals surface area contributed by atoms with Crippen LogP contribution in [0.4, 0.5) is 0 Å². The topological polar surface area (TPSA) is 24.1 Å². The van der Waals surface area contributed by atoms with Crippen molar-refractivity contribution in [3.05, 3.63) is 22.4 Å². The summed E-state index contributed by atoms with van der Waals surface area (Å²) in [4.78, 5) is 0. The molecule has 0 saturated carbocycles. The number of rotatable bonds is 4. The van der Waals surface area contributed by atoms with Crippen LogP contribution >= 0.6 is 11.3 Å². The monoisotopic (exact) mass is 224 g/mol. The van der Waals surface area contributed by atoms with Crippen LogP contribution in [0.1, 0.15) is 24.8 Å². The molecular weight excluding hydrogens is 204 g/mol. The molecule has 84 valence electrons. The van der Waals surface area contributed by atoms with Gasteiger partial charge in [0, 0.05) is 6.04 Å². The molecular formula is C12H20N2S. The van der Waals surface area contributed by atoms with Crippen molar-refractivity contribution in [3.8, 4) is 0 Å². The average Bonchev–Trinajstić information content (AvgIpc) is 2.62. The molecule has 1 atom stereocenters. The molecule has 0 amide bonds. The van der Waals surface area contributed by atoms with Crippen LogP contribution in [0.15, 0.2) is 16.8 Å². The van der Waals surface area contributed by atoms with Crippen molar-refractivity contribution >= 4 is 11.3 Å². The van der Waals surface area contributed by atoms with Crippen molar-refractivity contribution < 1.29 is 0 Å². The number of hydrogen-bond acceptors (Lipinski definition) is 3. The molecule has 0 aromatic carbocycles. The van der Waals surface area contributed by atoms with Crippen LogP contribution < -0.4 is 10.6 Å². The van der Waals surface area contributed by atoms with Crippen LogP contribution in [0.5, 0.6) is 0 Å². The molecule has 15 heavy (non-hydrogen) atoms. The summed E-state index contributed by atoms with van der Waals surface area (Å²) in [5, 5.41) is 11.5. The predicted octanol–water partition coefficient (Wildman–Crippen LogP) is 2.02. The molecule has 2 rings (SSSR count). The highest BCUT2D eigenvalue weighted by atomic mass is 32.1. The first-order valence-electron chi connectivity index (χ1n) is 5.90. The molecule has 0 spiro atoms. The third kappa shape index (κ3) is 3.93. The Morgan fingerprint density at radius 2 is 2.40 bits per heavy atom. The van der Waals surface area contributed by atoms with Crippen molar-refractivity contribution in [3.63, 3.8) is 0 Å². The smallest absolute Gasteiger partial charge is 0.00797 e. The molecule has 1 aromatic heterocycles. The summed E-state index contributed by atoms with van der Waals surface area (Å²) in [5.41, 5.74) is 1.47. The Morgan fingerprint density at radius 1 is 1.40 bits per heavy atom. The van der Waals surface area contributed by atoms with E-state index >= 15 is 0 Å². The maximum Gasteiger partial charge on any atom is 0.00797 e. The number of hydrogen-bond donors (Lipinski definition) is 2. The van der Waals surface area contributed by atoms with Gasteiger partial charge in [-0.2, -0.15) is 11.3 Å². The Balaban J connectivity index is 1.64. The Morgan fingerprint density at radius 3 is 3.27 bits per heavy atom. The maximum absolute atomic E-state index is 3.66. The van der Waals surface area contributed by atoms with Crippen LogP contribution in [0.2, 0.25) is 0 Å². The molecule has 0 bridgehead atoms. The number of nitrogens with one attached hydrogen (secondary N) is 2. The van der Waals surface area contributed by atoms with E-state index in [-0.39, 0.29) is 0 Å². The van der Waals surface area contributed by atoms with E-state index in [1.165, 1.54) is 44.3 Å². The third-order valence-electron chi connectivity index (χ3n) is 3.00. The lowest BCUT2D eigenvalue weighted by atomic mass is 10.1. The van der Waals surface area contributed by atoms with E-state index in [0.717, 1.165) is 12.6 Å². The third-order valence-corrected chi connectivity index (χ3v) is 3.73. The molecule has 0 aliphatic carbocycles. The first-order valence-corrected chi connectivity index (χ1v) is 6.84. The largest absolute Gasteiger partial charge is 0.317 e.